The zero-order valence-electron chi connectivity index (χ0n) is 18.3. The maximum Gasteiger partial charge on any atom is 0.288 e. The third kappa shape index (κ3) is 4.49. The molecule has 0 aliphatic carbocycles. The van der Waals surface area contributed by atoms with Crippen LogP contribution in [0.15, 0.2) is 70.1 Å². The third-order valence-electron chi connectivity index (χ3n) is 5.13. The van der Waals surface area contributed by atoms with Gasteiger partial charge in [0.2, 0.25) is 17.0 Å². The molecule has 4 aromatic rings. The summed E-state index contributed by atoms with van der Waals surface area (Å²) in [4.78, 5) is 43.9. The number of hydrogen-bond acceptors (Lipinski definition) is 7. The highest BCUT2D eigenvalue weighted by Crippen LogP contribution is 2.29. The van der Waals surface area contributed by atoms with Crippen LogP contribution in [0, 0.1) is 0 Å². The molecule has 2 aromatic heterocycles. The Balaban J connectivity index is 1.83. The first-order chi connectivity index (χ1) is 16.4. The third-order valence-corrected chi connectivity index (χ3v) is 5.37. The lowest BCUT2D eigenvalue weighted by atomic mass is 9.99. The zero-order valence-corrected chi connectivity index (χ0v) is 19.0. The molecule has 8 nitrogen and oxygen atoms in total. The Morgan fingerprint density at radius 3 is 2.44 bits per heavy atom. The Bertz CT molecular complexity index is 1450. The summed E-state index contributed by atoms with van der Waals surface area (Å²) in [5, 5.41) is 3.06. The lowest BCUT2D eigenvalue weighted by Crippen LogP contribution is -2.29. The Hall–Kier alpha value is -4.17. The number of nitrogens with zero attached hydrogens (tertiary/aromatic N) is 1. The molecule has 0 bridgehead atoms. The predicted molar refractivity (Wildman–Crippen MR) is 126 cm³/mol. The van der Waals surface area contributed by atoms with Gasteiger partial charge in [-0.1, -0.05) is 11.6 Å². The predicted octanol–water partition coefficient (Wildman–Crippen LogP) is 4.02. The number of carbonyl (C=O) groups is 2. The van der Waals surface area contributed by atoms with Gasteiger partial charge in [0.25, 0.3) is 5.91 Å². The second-order valence-electron chi connectivity index (χ2n) is 7.21. The summed E-state index contributed by atoms with van der Waals surface area (Å²) in [6.07, 6.45) is 3.18. The highest BCUT2D eigenvalue weighted by atomic mass is 35.5. The van der Waals surface area contributed by atoms with Crippen LogP contribution in [0.25, 0.3) is 11.0 Å². The summed E-state index contributed by atoms with van der Waals surface area (Å²) in [6.45, 7) is 0.147. The van der Waals surface area contributed by atoms with Crippen molar-refractivity contribution in [2.24, 2.45) is 0 Å². The van der Waals surface area contributed by atoms with Crippen LogP contribution in [0.2, 0.25) is 5.02 Å². The Kier molecular flexibility index (Phi) is 6.60. The van der Waals surface area contributed by atoms with Gasteiger partial charge < -0.3 is 19.2 Å². The molecule has 34 heavy (non-hydrogen) atoms. The smallest absolute Gasteiger partial charge is 0.288 e. The van der Waals surface area contributed by atoms with Crippen molar-refractivity contribution in [1.82, 2.24) is 10.3 Å². The molecule has 0 unspecified atom stereocenters. The van der Waals surface area contributed by atoms with Crippen LogP contribution in [0.1, 0.15) is 32.0 Å². The van der Waals surface area contributed by atoms with Crippen LogP contribution >= 0.6 is 11.6 Å². The van der Waals surface area contributed by atoms with E-state index in [1.165, 1.54) is 50.6 Å². The number of halogens is 1. The van der Waals surface area contributed by atoms with Crippen LogP contribution in [-0.2, 0) is 6.54 Å². The normalized spacial score (nSPS) is 10.7. The SMILES string of the molecule is COc1ccc(C(=O)c2c(C(=O)NCc3ccncc3)oc3ccc(Cl)cc3c2=O)cc1OC. The largest absolute Gasteiger partial charge is 0.493 e. The highest BCUT2D eigenvalue weighted by molar-refractivity contribution is 6.31. The van der Waals surface area contributed by atoms with E-state index in [1.54, 1.807) is 24.5 Å². The average molecular weight is 479 g/mol. The van der Waals surface area contributed by atoms with Crippen molar-refractivity contribution < 1.29 is 23.5 Å². The van der Waals surface area contributed by atoms with Crippen LogP contribution in [0.3, 0.4) is 0 Å². The fraction of sp³-hybridized carbons (Fsp3) is 0.120. The number of fused-ring (bicyclic) bond motifs is 1. The maximum absolute atomic E-state index is 13.5. The number of benzene rings is 2. The molecule has 2 aromatic carbocycles. The van der Waals surface area contributed by atoms with Gasteiger partial charge in [-0.2, -0.15) is 0 Å². The lowest BCUT2D eigenvalue weighted by molar-refractivity contribution is 0.0910. The summed E-state index contributed by atoms with van der Waals surface area (Å²) in [6, 6.07) is 12.3. The van der Waals surface area contributed by atoms with Crippen molar-refractivity contribution in [3.8, 4) is 11.5 Å². The first-order valence-corrected chi connectivity index (χ1v) is 10.5. The maximum atomic E-state index is 13.5. The highest BCUT2D eigenvalue weighted by Gasteiger charge is 2.27. The number of amides is 1. The minimum Gasteiger partial charge on any atom is -0.493 e. The van der Waals surface area contributed by atoms with Gasteiger partial charge in [-0.25, -0.2) is 0 Å². The van der Waals surface area contributed by atoms with Crippen molar-refractivity contribution in [2.75, 3.05) is 14.2 Å². The van der Waals surface area contributed by atoms with Crippen LogP contribution in [0.5, 0.6) is 11.5 Å². The van der Waals surface area contributed by atoms with Crippen molar-refractivity contribution in [2.45, 2.75) is 6.54 Å². The topological polar surface area (TPSA) is 108 Å². The zero-order chi connectivity index (χ0) is 24.2. The number of nitrogens with one attached hydrogen (secondary N) is 1. The number of methoxy groups -OCH3 is 2. The van der Waals surface area contributed by atoms with E-state index in [9.17, 15) is 14.4 Å². The molecule has 0 radical (unpaired) electrons. The van der Waals surface area contributed by atoms with Crippen molar-refractivity contribution in [1.29, 1.82) is 0 Å². The Labute approximate surface area is 199 Å². The van der Waals surface area contributed by atoms with Gasteiger partial charge in [-0.05, 0) is 54.1 Å². The van der Waals surface area contributed by atoms with Crippen molar-refractivity contribution in [3.63, 3.8) is 0 Å². The monoisotopic (exact) mass is 478 g/mol. The van der Waals surface area contributed by atoms with Gasteiger partial charge in [0.1, 0.15) is 11.1 Å². The molecular weight excluding hydrogens is 460 g/mol. The minimum absolute atomic E-state index is 0.0852. The average Bonchev–Trinajstić information content (AvgIpc) is 2.87. The molecule has 0 aliphatic rings. The first-order valence-electron chi connectivity index (χ1n) is 10.1. The van der Waals surface area contributed by atoms with Gasteiger partial charge >= 0.3 is 0 Å². The molecule has 0 spiro atoms. The second-order valence-corrected chi connectivity index (χ2v) is 7.65. The molecule has 0 aliphatic heterocycles. The standard InChI is InChI=1S/C25H19ClN2O6/c1-32-19-5-3-15(11-20(19)33-2)22(29)21-23(30)17-12-16(26)4-6-18(17)34-24(21)25(31)28-13-14-7-9-27-10-8-14/h3-12H,13H2,1-2H3,(H,28,31). The van der Waals surface area contributed by atoms with Crippen LogP contribution < -0.4 is 20.2 Å². The van der Waals surface area contributed by atoms with E-state index in [-0.39, 0.29) is 23.1 Å². The number of rotatable bonds is 7. The molecule has 2 heterocycles. The molecule has 0 fully saturated rings. The summed E-state index contributed by atoms with van der Waals surface area (Å²) in [5.74, 6) is -1.11. The summed E-state index contributed by atoms with van der Waals surface area (Å²) < 4.78 is 16.2. The van der Waals surface area contributed by atoms with E-state index in [2.05, 4.69) is 10.3 Å². The van der Waals surface area contributed by atoms with E-state index >= 15 is 0 Å². The molecule has 1 amide bonds. The summed E-state index contributed by atoms with van der Waals surface area (Å²) >= 11 is 6.05. The summed E-state index contributed by atoms with van der Waals surface area (Å²) in [5.41, 5.74) is -0.0420. The lowest BCUT2D eigenvalue weighted by Gasteiger charge is -2.12. The molecule has 172 valence electrons. The molecular formula is C25H19ClN2O6. The quantitative estimate of drug-likeness (QED) is 0.400. The number of hydrogen-bond donors (Lipinski definition) is 1. The molecule has 0 saturated heterocycles. The molecule has 1 N–H and O–H groups in total. The number of ether oxygens (including phenoxy) is 2. The van der Waals surface area contributed by atoms with Gasteiger partial charge in [0.05, 0.1) is 19.6 Å². The fourth-order valence-corrected chi connectivity index (χ4v) is 3.59. The van der Waals surface area contributed by atoms with Crippen molar-refractivity contribution in [3.05, 3.63) is 98.6 Å². The van der Waals surface area contributed by atoms with E-state index < -0.39 is 28.4 Å². The number of pyridine rings is 1. The van der Waals surface area contributed by atoms with E-state index in [0.717, 1.165) is 5.56 Å². The molecule has 9 heteroatoms. The van der Waals surface area contributed by atoms with Crippen LogP contribution in [0.4, 0.5) is 0 Å². The van der Waals surface area contributed by atoms with Crippen LogP contribution in [-0.4, -0.2) is 30.9 Å². The molecule has 0 saturated carbocycles. The molecule has 4 rings (SSSR count). The van der Waals surface area contributed by atoms with Gasteiger partial charge in [0.15, 0.2) is 11.5 Å². The first kappa shape index (κ1) is 23.0. The number of ketones is 1. The van der Waals surface area contributed by atoms with Gasteiger partial charge in [-0.15, -0.1) is 0 Å². The number of aromatic nitrogens is 1. The fourth-order valence-electron chi connectivity index (χ4n) is 3.42. The van der Waals surface area contributed by atoms with E-state index in [4.69, 9.17) is 25.5 Å². The van der Waals surface area contributed by atoms with Gasteiger partial charge in [-0.3, -0.25) is 19.4 Å². The number of carbonyl (C=O) groups excluding carboxylic acids is 2. The van der Waals surface area contributed by atoms with Crippen molar-refractivity contribution >= 4 is 34.3 Å². The van der Waals surface area contributed by atoms with E-state index in [1.807, 2.05) is 0 Å². The second kappa shape index (κ2) is 9.76. The Morgan fingerprint density at radius 1 is 1.00 bits per heavy atom. The Morgan fingerprint density at radius 2 is 1.74 bits per heavy atom. The minimum atomic E-state index is -0.713. The molecule has 0 atom stereocenters. The van der Waals surface area contributed by atoms with Gasteiger partial charge in [0, 0.05) is 29.5 Å². The summed E-state index contributed by atoms with van der Waals surface area (Å²) in [7, 11) is 2.89. The van der Waals surface area contributed by atoms with E-state index in [0.29, 0.717) is 16.5 Å².